The molecule has 3 aromatic rings. The minimum Gasteiger partial charge on any atom is -0.469 e. The van der Waals surface area contributed by atoms with E-state index in [2.05, 4.69) is 16.6 Å². The molecule has 0 atom stereocenters. The lowest BCUT2D eigenvalue weighted by Crippen LogP contribution is -2.24. The summed E-state index contributed by atoms with van der Waals surface area (Å²) in [7, 11) is 1.37. The lowest BCUT2D eigenvalue weighted by molar-refractivity contribution is -0.140. The molecule has 0 saturated carbocycles. The number of thiophene rings is 2. The van der Waals surface area contributed by atoms with Gasteiger partial charge in [-0.2, -0.15) is 0 Å². The van der Waals surface area contributed by atoms with Crippen LogP contribution in [0.25, 0.3) is 20.7 Å². The van der Waals surface area contributed by atoms with Crippen molar-refractivity contribution in [1.29, 1.82) is 0 Å². The van der Waals surface area contributed by atoms with E-state index in [1.54, 1.807) is 27.2 Å². The van der Waals surface area contributed by atoms with Crippen LogP contribution in [-0.2, 0) is 22.5 Å². The van der Waals surface area contributed by atoms with Crippen molar-refractivity contribution in [2.24, 2.45) is 0 Å². The maximum absolute atomic E-state index is 13.2. The molecule has 0 fully saturated rings. The number of hydrogen-bond donors (Lipinski definition) is 0. The molecule has 132 valence electrons. The van der Waals surface area contributed by atoms with E-state index >= 15 is 0 Å². The summed E-state index contributed by atoms with van der Waals surface area (Å²) in [6.45, 7) is 4.41. The Labute approximate surface area is 153 Å². The number of rotatable bonds is 6. The topological polar surface area (TPSA) is 61.2 Å². The predicted octanol–water partition coefficient (Wildman–Crippen LogP) is 4.01. The first-order valence-electron chi connectivity index (χ1n) is 8.20. The number of esters is 1. The second-order valence-electron chi connectivity index (χ2n) is 5.71. The molecule has 3 heterocycles. The molecule has 25 heavy (non-hydrogen) atoms. The normalized spacial score (nSPS) is 11.2. The fraction of sp³-hybridized carbons (Fsp3) is 0.389. The SMILES string of the molecule is CCc1sc2nc(C)n(CCCC(=O)OC)c(=O)c2c1-c1cccs1. The highest BCUT2D eigenvalue weighted by Gasteiger charge is 2.20. The summed E-state index contributed by atoms with van der Waals surface area (Å²) < 4.78 is 6.34. The zero-order chi connectivity index (χ0) is 18.0. The largest absolute Gasteiger partial charge is 0.469 e. The van der Waals surface area contributed by atoms with Crippen LogP contribution in [0.5, 0.6) is 0 Å². The molecule has 0 aliphatic carbocycles. The number of aromatic nitrogens is 2. The number of ether oxygens (including phenoxy) is 1. The van der Waals surface area contributed by atoms with Crippen LogP contribution >= 0.6 is 22.7 Å². The van der Waals surface area contributed by atoms with Crippen molar-refractivity contribution in [2.75, 3.05) is 7.11 Å². The average Bonchev–Trinajstić information content (AvgIpc) is 3.24. The summed E-state index contributed by atoms with van der Waals surface area (Å²) >= 11 is 3.24. The van der Waals surface area contributed by atoms with Gasteiger partial charge >= 0.3 is 5.97 Å². The van der Waals surface area contributed by atoms with Gasteiger partial charge in [0.15, 0.2) is 0 Å². The molecular formula is C18H20N2O3S2. The summed E-state index contributed by atoms with van der Waals surface area (Å²) in [4.78, 5) is 32.2. The van der Waals surface area contributed by atoms with E-state index in [4.69, 9.17) is 0 Å². The molecule has 0 bridgehead atoms. The van der Waals surface area contributed by atoms with E-state index in [-0.39, 0.29) is 11.5 Å². The van der Waals surface area contributed by atoms with Crippen LogP contribution in [0.2, 0.25) is 0 Å². The number of nitrogens with zero attached hydrogens (tertiary/aromatic N) is 2. The molecule has 3 aromatic heterocycles. The Bertz CT molecular complexity index is 955. The second kappa shape index (κ2) is 7.49. The van der Waals surface area contributed by atoms with E-state index in [1.165, 1.54) is 12.0 Å². The first-order chi connectivity index (χ1) is 12.1. The number of methoxy groups -OCH3 is 1. The molecule has 0 aromatic carbocycles. The highest BCUT2D eigenvalue weighted by molar-refractivity contribution is 7.20. The van der Waals surface area contributed by atoms with Gasteiger partial charge in [-0.1, -0.05) is 13.0 Å². The second-order valence-corrected chi connectivity index (χ2v) is 7.74. The first kappa shape index (κ1) is 17.8. The number of carbonyl (C=O) groups excluding carboxylic acids is 1. The van der Waals surface area contributed by atoms with Gasteiger partial charge in [-0.15, -0.1) is 22.7 Å². The van der Waals surface area contributed by atoms with Gasteiger partial charge in [0.2, 0.25) is 0 Å². The molecule has 0 radical (unpaired) electrons. The Balaban J connectivity index is 2.10. The van der Waals surface area contributed by atoms with Crippen LogP contribution in [0.1, 0.15) is 30.5 Å². The molecule has 0 aliphatic heterocycles. The quantitative estimate of drug-likeness (QED) is 0.610. The number of carbonyl (C=O) groups is 1. The summed E-state index contributed by atoms with van der Waals surface area (Å²) in [6, 6.07) is 4.05. The molecule has 3 rings (SSSR count). The molecule has 0 saturated heterocycles. The van der Waals surface area contributed by atoms with Crippen LogP contribution in [0.4, 0.5) is 0 Å². The summed E-state index contributed by atoms with van der Waals surface area (Å²) in [5, 5.41) is 2.72. The maximum atomic E-state index is 13.2. The Morgan fingerprint density at radius 2 is 2.20 bits per heavy atom. The molecule has 5 nitrogen and oxygen atoms in total. The summed E-state index contributed by atoms with van der Waals surface area (Å²) in [5.41, 5.74) is 1.00. The zero-order valence-electron chi connectivity index (χ0n) is 14.5. The molecule has 0 spiro atoms. The predicted molar refractivity (Wildman–Crippen MR) is 103 cm³/mol. The molecule has 7 heteroatoms. The number of hydrogen-bond acceptors (Lipinski definition) is 6. The van der Waals surface area contributed by atoms with Crippen molar-refractivity contribution < 1.29 is 9.53 Å². The van der Waals surface area contributed by atoms with Gasteiger partial charge in [-0.05, 0) is 31.2 Å². The van der Waals surface area contributed by atoms with E-state index in [1.807, 2.05) is 24.4 Å². The van der Waals surface area contributed by atoms with Crippen molar-refractivity contribution in [2.45, 2.75) is 39.7 Å². The van der Waals surface area contributed by atoms with Crippen LogP contribution < -0.4 is 5.56 Å². The number of aryl methyl sites for hydroxylation is 2. The highest BCUT2D eigenvalue weighted by atomic mass is 32.1. The monoisotopic (exact) mass is 376 g/mol. The van der Waals surface area contributed by atoms with Crippen LogP contribution in [0.3, 0.4) is 0 Å². The van der Waals surface area contributed by atoms with Gasteiger partial charge in [0, 0.05) is 28.3 Å². The van der Waals surface area contributed by atoms with Crippen LogP contribution in [-0.4, -0.2) is 22.6 Å². The molecular weight excluding hydrogens is 356 g/mol. The van der Waals surface area contributed by atoms with Crippen molar-refractivity contribution in [3.8, 4) is 10.4 Å². The lowest BCUT2D eigenvalue weighted by atomic mass is 10.1. The Kier molecular flexibility index (Phi) is 5.34. The fourth-order valence-electron chi connectivity index (χ4n) is 2.91. The highest BCUT2D eigenvalue weighted by Crippen LogP contribution is 2.38. The molecule has 0 unspecified atom stereocenters. The van der Waals surface area contributed by atoms with Gasteiger partial charge in [0.1, 0.15) is 10.7 Å². The molecule has 0 aliphatic rings. The summed E-state index contributed by atoms with van der Waals surface area (Å²) in [6.07, 6.45) is 1.72. The van der Waals surface area contributed by atoms with Crippen LogP contribution in [0, 0.1) is 6.92 Å². The Hall–Kier alpha value is -1.99. The van der Waals surface area contributed by atoms with Gasteiger partial charge < -0.3 is 4.74 Å². The van der Waals surface area contributed by atoms with E-state index in [9.17, 15) is 9.59 Å². The van der Waals surface area contributed by atoms with Gasteiger partial charge in [0.25, 0.3) is 5.56 Å². The average molecular weight is 377 g/mol. The zero-order valence-corrected chi connectivity index (χ0v) is 16.1. The summed E-state index contributed by atoms with van der Waals surface area (Å²) in [5.74, 6) is 0.423. The van der Waals surface area contributed by atoms with Crippen molar-refractivity contribution in [3.63, 3.8) is 0 Å². The molecule has 0 N–H and O–H groups in total. The smallest absolute Gasteiger partial charge is 0.305 e. The number of fused-ring (bicyclic) bond motifs is 1. The third kappa shape index (κ3) is 3.39. The fourth-order valence-corrected chi connectivity index (χ4v) is 4.94. The van der Waals surface area contributed by atoms with Crippen molar-refractivity contribution in [3.05, 3.63) is 38.6 Å². The van der Waals surface area contributed by atoms with Crippen molar-refractivity contribution >= 4 is 38.9 Å². The Morgan fingerprint density at radius 1 is 1.40 bits per heavy atom. The maximum Gasteiger partial charge on any atom is 0.305 e. The van der Waals surface area contributed by atoms with Crippen LogP contribution in [0.15, 0.2) is 22.3 Å². The molecule has 0 amide bonds. The third-order valence-electron chi connectivity index (χ3n) is 4.15. The lowest BCUT2D eigenvalue weighted by Gasteiger charge is -2.09. The van der Waals surface area contributed by atoms with E-state index in [0.29, 0.717) is 30.6 Å². The third-order valence-corrected chi connectivity index (χ3v) is 6.27. The van der Waals surface area contributed by atoms with Gasteiger partial charge in [-0.25, -0.2) is 4.98 Å². The first-order valence-corrected chi connectivity index (χ1v) is 9.90. The van der Waals surface area contributed by atoms with Crippen molar-refractivity contribution in [1.82, 2.24) is 9.55 Å². The minimum absolute atomic E-state index is 0.0216. The van der Waals surface area contributed by atoms with Gasteiger partial charge in [-0.3, -0.25) is 14.2 Å². The van der Waals surface area contributed by atoms with E-state index < -0.39 is 0 Å². The van der Waals surface area contributed by atoms with Gasteiger partial charge in [0.05, 0.1) is 12.5 Å². The standard InChI is InChI=1S/C18H20N2O3S2/c1-4-12-15(13-7-6-10-24-13)16-17(25-12)19-11(2)20(18(16)22)9-5-8-14(21)23-3/h6-7,10H,4-5,8-9H2,1-3H3. The minimum atomic E-state index is -0.261. The van der Waals surface area contributed by atoms with E-state index in [0.717, 1.165) is 21.7 Å². The Morgan fingerprint density at radius 3 is 2.84 bits per heavy atom.